The molecule has 1 amide bonds. The fraction of sp³-hybridized carbons (Fsp3) is 0.588. The van der Waals surface area contributed by atoms with Crippen LogP contribution in [-0.2, 0) is 11.3 Å². The van der Waals surface area contributed by atoms with Crippen molar-refractivity contribution >= 4 is 19.4 Å². The highest BCUT2D eigenvalue weighted by Gasteiger charge is 2.05. The van der Waals surface area contributed by atoms with Gasteiger partial charge in [0.2, 0.25) is 5.91 Å². The van der Waals surface area contributed by atoms with Crippen molar-refractivity contribution in [1.29, 1.82) is 0 Å². The van der Waals surface area contributed by atoms with Crippen molar-refractivity contribution < 1.29 is 16.1 Å². The first-order chi connectivity index (χ1) is 10.0. The number of phenols is 1. The van der Waals surface area contributed by atoms with Gasteiger partial charge in [-0.25, -0.2) is 0 Å². The van der Waals surface area contributed by atoms with Crippen LogP contribution in [0.1, 0.15) is 52.9 Å². The van der Waals surface area contributed by atoms with Crippen molar-refractivity contribution in [2.75, 3.05) is 7.11 Å². The van der Waals surface area contributed by atoms with E-state index in [0.717, 1.165) is 24.3 Å². The molecular formula is C17H31NO3S. The lowest BCUT2D eigenvalue weighted by Gasteiger charge is -2.08. The number of methoxy groups -OCH3 is 1. The predicted octanol–water partition coefficient (Wildman–Crippen LogP) is 3.98. The summed E-state index contributed by atoms with van der Waals surface area (Å²) in [5.74, 6) is 1.35. The Balaban J connectivity index is 0. The molecule has 0 unspecified atom stereocenters. The zero-order valence-electron chi connectivity index (χ0n) is 13.8. The number of hydrogen-bond donors (Lipinski definition) is 2. The molecule has 1 aromatic rings. The molecule has 0 saturated carbocycles. The number of hydrogen-bond acceptors (Lipinski definition) is 3. The average molecular weight is 330 g/mol. The van der Waals surface area contributed by atoms with Crippen LogP contribution in [0.15, 0.2) is 18.2 Å². The van der Waals surface area contributed by atoms with Gasteiger partial charge < -0.3 is 15.2 Å². The maximum atomic E-state index is 11.7. The summed E-state index contributed by atoms with van der Waals surface area (Å²) in [4.78, 5) is 11.7. The second kappa shape index (κ2) is 11.2. The fourth-order valence-corrected chi connectivity index (χ4v) is 2.14. The Morgan fingerprint density at radius 3 is 2.68 bits per heavy atom. The van der Waals surface area contributed by atoms with Crippen molar-refractivity contribution in [3.05, 3.63) is 23.8 Å². The summed E-state index contributed by atoms with van der Waals surface area (Å²) in [6.07, 6.45) is 5.05. The van der Waals surface area contributed by atoms with Crippen LogP contribution in [0.3, 0.4) is 0 Å². The Labute approximate surface area is 142 Å². The van der Waals surface area contributed by atoms with E-state index in [4.69, 9.17) is 4.74 Å². The van der Waals surface area contributed by atoms with E-state index in [1.165, 1.54) is 20.0 Å². The minimum atomic E-state index is 0. The summed E-state index contributed by atoms with van der Waals surface area (Å²) in [7, 11) is 1.51. The highest BCUT2D eigenvalue weighted by atomic mass is 32.1. The molecule has 4 nitrogen and oxygen atoms in total. The van der Waals surface area contributed by atoms with E-state index in [1.807, 2.05) is 0 Å². The van der Waals surface area contributed by atoms with Gasteiger partial charge in [-0.2, -0.15) is 13.5 Å². The molecule has 0 heterocycles. The van der Waals surface area contributed by atoms with E-state index < -0.39 is 0 Å². The number of phenolic OH excluding ortho intramolecular Hbond substituents is 1. The first-order valence-electron chi connectivity index (χ1n) is 7.65. The Morgan fingerprint density at radius 1 is 1.32 bits per heavy atom. The maximum Gasteiger partial charge on any atom is 0.220 e. The quantitative estimate of drug-likeness (QED) is 0.674. The van der Waals surface area contributed by atoms with Crippen LogP contribution in [0.2, 0.25) is 0 Å². The molecule has 1 aromatic carbocycles. The largest absolute Gasteiger partial charge is 0.504 e. The molecule has 0 aliphatic rings. The summed E-state index contributed by atoms with van der Waals surface area (Å²) in [5, 5.41) is 12.4. The Bertz CT molecular complexity index is 455. The van der Waals surface area contributed by atoms with E-state index in [-0.39, 0.29) is 26.6 Å². The van der Waals surface area contributed by atoms with Crippen molar-refractivity contribution in [2.24, 2.45) is 5.92 Å². The number of nitrogens with one attached hydrogen (secondary N) is 1. The zero-order valence-corrected chi connectivity index (χ0v) is 14.8. The lowest BCUT2D eigenvalue weighted by Crippen LogP contribution is -2.22. The monoisotopic (exact) mass is 329 g/mol. The Hall–Kier alpha value is -1.36. The number of benzene rings is 1. The van der Waals surface area contributed by atoms with Gasteiger partial charge in [0.25, 0.3) is 0 Å². The van der Waals surface area contributed by atoms with E-state index in [2.05, 4.69) is 19.2 Å². The second-order valence-corrected chi connectivity index (χ2v) is 5.78. The fourth-order valence-electron chi connectivity index (χ4n) is 2.14. The number of carbonyl (C=O) groups is 1. The molecule has 128 valence electrons. The Morgan fingerprint density at radius 2 is 2.05 bits per heavy atom. The third-order valence-corrected chi connectivity index (χ3v) is 3.42. The summed E-state index contributed by atoms with van der Waals surface area (Å²) in [5.41, 5.74) is 0.915. The highest BCUT2D eigenvalue weighted by Crippen LogP contribution is 2.26. The zero-order chi connectivity index (χ0) is 15.7. The summed E-state index contributed by atoms with van der Waals surface area (Å²) < 4.78 is 5.04. The third-order valence-electron chi connectivity index (χ3n) is 3.42. The Kier molecular flexibility index (Phi) is 10.5. The molecule has 0 spiro atoms. The van der Waals surface area contributed by atoms with Crippen molar-refractivity contribution in [1.82, 2.24) is 5.32 Å². The lowest BCUT2D eigenvalue weighted by atomic mass is 10.0. The molecule has 2 N–H and O–H groups in total. The second-order valence-electron chi connectivity index (χ2n) is 5.78. The van der Waals surface area contributed by atoms with Crippen LogP contribution >= 0.6 is 13.5 Å². The van der Waals surface area contributed by atoms with Gasteiger partial charge in [0.15, 0.2) is 11.5 Å². The average Bonchev–Trinajstić information content (AvgIpc) is 2.45. The van der Waals surface area contributed by atoms with Gasteiger partial charge in [-0.15, -0.1) is 0 Å². The van der Waals surface area contributed by atoms with Crippen LogP contribution in [0.4, 0.5) is 0 Å². The molecule has 0 bridgehead atoms. The minimum absolute atomic E-state index is 0. The SMILES string of the molecule is COc1cc(CNC(=O)CCCCCC(C)C)ccc1O.S.[HH]. The van der Waals surface area contributed by atoms with E-state index >= 15 is 0 Å². The van der Waals surface area contributed by atoms with Gasteiger partial charge in [0.1, 0.15) is 0 Å². The van der Waals surface area contributed by atoms with Crippen molar-refractivity contribution in [3.63, 3.8) is 0 Å². The highest BCUT2D eigenvalue weighted by molar-refractivity contribution is 7.59. The van der Waals surface area contributed by atoms with Gasteiger partial charge in [0, 0.05) is 14.4 Å². The lowest BCUT2D eigenvalue weighted by molar-refractivity contribution is -0.121. The molecule has 0 fully saturated rings. The number of amides is 1. The predicted molar refractivity (Wildman–Crippen MR) is 96.9 cm³/mol. The number of aromatic hydroxyl groups is 1. The first-order valence-corrected chi connectivity index (χ1v) is 7.65. The molecule has 0 aliphatic heterocycles. The van der Waals surface area contributed by atoms with E-state index in [9.17, 15) is 9.90 Å². The van der Waals surface area contributed by atoms with Crippen molar-refractivity contribution in [3.8, 4) is 11.5 Å². The van der Waals surface area contributed by atoms with Gasteiger partial charge in [-0.3, -0.25) is 4.79 Å². The third kappa shape index (κ3) is 8.17. The molecule has 0 radical (unpaired) electrons. The topological polar surface area (TPSA) is 58.6 Å². The number of carbonyl (C=O) groups excluding carboxylic acids is 1. The summed E-state index contributed by atoms with van der Waals surface area (Å²) >= 11 is 0. The number of unbranched alkanes of at least 4 members (excludes halogenated alkanes) is 2. The van der Waals surface area contributed by atoms with Crippen LogP contribution < -0.4 is 10.1 Å². The number of ether oxygens (including phenoxy) is 1. The van der Waals surface area contributed by atoms with Crippen LogP contribution in [-0.4, -0.2) is 18.1 Å². The normalized spacial score (nSPS) is 10.2. The molecule has 0 atom stereocenters. The van der Waals surface area contributed by atoms with Gasteiger partial charge in [-0.1, -0.05) is 39.2 Å². The maximum absolute atomic E-state index is 11.7. The first kappa shape index (κ1) is 20.6. The van der Waals surface area contributed by atoms with Gasteiger partial charge in [-0.05, 0) is 30.0 Å². The molecule has 5 heteroatoms. The standard InChI is InChI=1S/C17H27NO3.H2S.H2/c1-13(2)7-5-4-6-8-17(20)18-12-14-9-10-15(19)16(11-14)21-3;;/h9-11,13,19H,4-8,12H2,1-3H3,(H,18,20);1H2;1H. The van der Waals surface area contributed by atoms with Crippen molar-refractivity contribution in [2.45, 2.75) is 52.5 Å². The summed E-state index contributed by atoms with van der Waals surface area (Å²) in [6.45, 7) is 4.90. The van der Waals surface area contributed by atoms with E-state index in [1.54, 1.807) is 18.2 Å². The van der Waals surface area contributed by atoms with Crippen LogP contribution in [0.25, 0.3) is 0 Å². The molecule has 22 heavy (non-hydrogen) atoms. The summed E-state index contributed by atoms with van der Waals surface area (Å²) in [6, 6.07) is 5.09. The van der Waals surface area contributed by atoms with Crippen LogP contribution in [0.5, 0.6) is 11.5 Å². The number of rotatable bonds is 9. The molecule has 0 aromatic heterocycles. The van der Waals surface area contributed by atoms with Gasteiger partial charge >= 0.3 is 0 Å². The minimum Gasteiger partial charge on any atom is -0.504 e. The van der Waals surface area contributed by atoms with Crippen LogP contribution in [0, 0.1) is 5.92 Å². The molecule has 0 saturated heterocycles. The smallest absolute Gasteiger partial charge is 0.220 e. The molecular weight excluding hydrogens is 298 g/mol. The molecule has 0 aliphatic carbocycles. The van der Waals surface area contributed by atoms with E-state index in [0.29, 0.717) is 18.7 Å². The molecule has 1 rings (SSSR count). The van der Waals surface area contributed by atoms with Gasteiger partial charge in [0.05, 0.1) is 7.11 Å².